The maximum absolute atomic E-state index is 12.7. The van der Waals surface area contributed by atoms with E-state index in [9.17, 15) is 9.59 Å². The SMILES string of the molecule is O=C(O)CN1C(=O)/C(=C\c2cn(Cc3ccccc3)nc2-c2ccccc2)SC1=S. The number of hydrogen-bond acceptors (Lipinski definition) is 5. The summed E-state index contributed by atoms with van der Waals surface area (Å²) in [5.41, 5.74) is 3.55. The van der Waals surface area contributed by atoms with E-state index in [0.29, 0.717) is 11.4 Å². The van der Waals surface area contributed by atoms with Crippen molar-refractivity contribution in [1.29, 1.82) is 0 Å². The number of carbonyl (C=O) groups excluding carboxylic acids is 1. The van der Waals surface area contributed by atoms with Gasteiger partial charge in [-0.1, -0.05) is 84.6 Å². The van der Waals surface area contributed by atoms with Gasteiger partial charge in [-0.2, -0.15) is 5.10 Å². The molecule has 1 aromatic heterocycles. The van der Waals surface area contributed by atoms with E-state index in [0.717, 1.165) is 39.0 Å². The second-order valence-electron chi connectivity index (χ2n) is 6.64. The van der Waals surface area contributed by atoms with Gasteiger partial charge in [-0.05, 0) is 11.6 Å². The molecular formula is C22H17N3O3S2. The Hall–Kier alpha value is -3.23. The predicted octanol–water partition coefficient (Wildman–Crippen LogP) is 3.88. The molecule has 0 saturated carbocycles. The van der Waals surface area contributed by atoms with Crippen molar-refractivity contribution in [2.24, 2.45) is 0 Å². The Bertz CT molecular complexity index is 1140. The summed E-state index contributed by atoms with van der Waals surface area (Å²) in [7, 11) is 0. The van der Waals surface area contributed by atoms with Gasteiger partial charge in [0.2, 0.25) is 0 Å². The van der Waals surface area contributed by atoms with Crippen molar-refractivity contribution in [3.63, 3.8) is 0 Å². The van der Waals surface area contributed by atoms with E-state index in [1.54, 1.807) is 6.08 Å². The molecule has 1 fully saturated rings. The van der Waals surface area contributed by atoms with Gasteiger partial charge in [-0.3, -0.25) is 19.2 Å². The number of rotatable bonds is 6. The molecule has 1 aliphatic heterocycles. The van der Waals surface area contributed by atoms with E-state index < -0.39 is 18.4 Å². The van der Waals surface area contributed by atoms with Crippen LogP contribution in [0.1, 0.15) is 11.1 Å². The Balaban J connectivity index is 1.71. The molecule has 6 nitrogen and oxygen atoms in total. The quantitative estimate of drug-likeness (QED) is 0.468. The lowest BCUT2D eigenvalue weighted by atomic mass is 10.1. The average molecular weight is 436 g/mol. The number of carbonyl (C=O) groups is 2. The molecule has 1 amide bonds. The van der Waals surface area contributed by atoms with E-state index in [4.69, 9.17) is 22.4 Å². The molecule has 2 heterocycles. The Kier molecular flexibility index (Phi) is 5.78. The van der Waals surface area contributed by atoms with E-state index in [1.807, 2.05) is 71.5 Å². The van der Waals surface area contributed by atoms with Gasteiger partial charge in [0, 0.05) is 17.3 Å². The average Bonchev–Trinajstić information content (AvgIpc) is 3.25. The van der Waals surface area contributed by atoms with E-state index in [1.165, 1.54) is 0 Å². The minimum Gasteiger partial charge on any atom is -0.480 e. The highest BCUT2D eigenvalue weighted by molar-refractivity contribution is 8.26. The van der Waals surface area contributed by atoms with Crippen molar-refractivity contribution in [3.8, 4) is 11.3 Å². The zero-order valence-corrected chi connectivity index (χ0v) is 17.4. The van der Waals surface area contributed by atoms with Gasteiger partial charge < -0.3 is 5.11 Å². The van der Waals surface area contributed by atoms with Crippen LogP contribution in [0.4, 0.5) is 0 Å². The van der Waals surface area contributed by atoms with Gasteiger partial charge >= 0.3 is 5.97 Å². The van der Waals surface area contributed by atoms with Crippen LogP contribution in [0.15, 0.2) is 71.8 Å². The number of hydrogen-bond donors (Lipinski definition) is 1. The number of nitrogens with zero attached hydrogens (tertiary/aromatic N) is 3. The molecule has 0 radical (unpaired) electrons. The molecule has 0 bridgehead atoms. The fraction of sp³-hybridized carbons (Fsp3) is 0.0909. The largest absolute Gasteiger partial charge is 0.480 e. The molecule has 0 unspecified atom stereocenters. The number of amides is 1. The van der Waals surface area contributed by atoms with Crippen molar-refractivity contribution < 1.29 is 14.7 Å². The maximum Gasteiger partial charge on any atom is 0.323 e. The third-order valence-electron chi connectivity index (χ3n) is 4.48. The zero-order valence-electron chi connectivity index (χ0n) is 15.8. The first-order valence-electron chi connectivity index (χ1n) is 9.15. The number of aromatic nitrogens is 2. The molecule has 1 saturated heterocycles. The van der Waals surface area contributed by atoms with E-state index >= 15 is 0 Å². The molecule has 1 N–H and O–H groups in total. The fourth-order valence-corrected chi connectivity index (χ4v) is 4.37. The highest BCUT2D eigenvalue weighted by Crippen LogP contribution is 2.34. The minimum atomic E-state index is -1.10. The van der Waals surface area contributed by atoms with Crippen molar-refractivity contribution >= 4 is 46.3 Å². The van der Waals surface area contributed by atoms with Crippen molar-refractivity contribution in [2.45, 2.75) is 6.54 Å². The Morgan fingerprint density at radius 2 is 1.77 bits per heavy atom. The number of thioether (sulfide) groups is 1. The van der Waals surface area contributed by atoms with Crippen LogP contribution < -0.4 is 0 Å². The molecular weight excluding hydrogens is 418 g/mol. The fourth-order valence-electron chi connectivity index (χ4n) is 3.13. The second-order valence-corrected chi connectivity index (χ2v) is 8.32. The number of aliphatic carboxylic acids is 1. The van der Waals surface area contributed by atoms with Crippen LogP contribution in [-0.2, 0) is 16.1 Å². The molecule has 0 aliphatic carbocycles. The molecule has 3 aromatic rings. The maximum atomic E-state index is 12.7. The van der Waals surface area contributed by atoms with Crippen LogP contribution in [-0.4, -0.2) is 42.5 Å². The molecule has 0 spiro atoms. The first-order chi connectivity index (χ1) is 14.5. The second kappa shape index (κ2) is 8.64. The summed E-state index contributed by atoms with van der Waals surface area (Å²) in [4.78, 5) is 25.2. The Labute approximate surface area is 182 Å². The monoisotopic (exact) mass is 435 g/mol. The predicted molar refractivity (Wildman–Crippen MR) is 121 cm³/mol. The molecule has 30 heavy (non-hydrogen) atoms. The van der Waals surface area contributed by atoms with E-state index in [-0.39, 0.29) is 4.32 Å². The number of thiocarbonyl (C=S) groups is 1. The smallest absolute Gasteiger partial charge is 0.323 e. The summed E-state index contributed by atoms with van der Waals surface area (Å²) in [6.07, 6.45) is 3.62. The molecule has 8 heteroatoms. The lowest BCUT2D eigenvalue weighted by Gasteiger charge is -2.10. The van der Waals surface area contributed by atoms with Gasteiger partial charge in [0.05, 0.1) is 17.1 Å². The molecule has 0 atom stereocenters. The van der Waals surface area contributed by atoms with Gasteiger partial charge in [-0.25, -0.2) is 0 Å². The molecule has 1 aliphatic rings. The summed E-state index contributed by atoms with van der Waals surface area (Å²) < 4.78 is 2.08. The number of benzene rings is 2. The summed E-state index contributed by atoms with van der Waals surface area (Å²) in [6.45, 7) is 0.148. The summed E-state index contributed by atoms with van der Waals surface area (Å²) in [5.74, 6) is -1.50. The van der Waals surface area contributed by atoms with Crippen molar-refractivity contribution in [2.75, 3.05) is 6.54 Å². The third-order valence-corrected chi connectivity index (χ3v) is 5.86. The third kappa shape index (κ3) is 4.34. The molecule has 4 rings (SSSR count). The van der Waals surface area contributed by atoms with Gasteiger partial charge in [-0.15, -0.1) is 0 Å². The summed E-state index contributed by atoms with van der Waals surface area (Å²) >= 11 is 6.29. The van der Waals surface area contributed by atoms with Crippen LogP contribution in [0, 0.1) is 0 Å². The van der Waals surface area contributed by atoms with Crippen LogP contribution >= 0.6 is 24.0 Å². The van der Waals surface area contributed by atoms with Crippen molar-refractivity contribution in [3.05, 3.63) is 82.9 Å². The lowest BCUT2D eigenvalue weighted by Crippen LogP contribution is -2.33. The molecule has 2 aromatic carbocycles. The number of carboxylic acid groups (broad SMARTS) is 1. The summed E-state index contributed by atoms with van der Waals surface area (Å²) in [6, 6.07) is 19.7. The Morgan fingerprint density at radius 1 is 1.10 bits per heavy atom. The van der Waals surface area contributed by atoms with Gasteiger partial charge in [0.15, 0.2) is 0 Å². The lowest BCUT2D eigenvalue weighted by molar-refractivity contribution is -0.140. The number of carboxylic acids is 1. The summed E-state index contributed by atoms with van der Waals surface area (Å²) in [5, 5.41) is 13.8. The van der Waals surface area contributed by atoms with Gasteiger partial charge in [0.25, 0.3) is 5.91 Å². The van der Waals surface area contributed by atoms with Crippen LogP contribution in [0.3, 0.4) is 0 Å². The highest BCUT2D eigenvalue weighted by atomic mass is 32.2. The normalized spacial score (nSPS) is 15.2. The first kappa shape index (κ1) is 20.1. The Morgan fingerprint density at radius 3 is 2.43 bits per heavy atom. The van der Waals surface area contributed by atoms with Crippen molar-refractivity contribution in [1.82, 2.24) is 14.7 Å². The highest BCUT2D eigenvalue weighted by Gasteiger charge is 2.33. The van der Waals surface area contributed by atoms with Crippen LogP contribution in [0.2, 0.25) is 0 Å². The standard InChI is InChI=1S/C22H17N3O3S2/c26-19(27)14-25-21(28)18(30-22(25)29)11-17-13-24(12-15-7-3-1-4-8-15)23-20(17)16-9-5-2-6-10-16/h1-11,13H,12,14H2,(H,26,27)/b18-11+. The first-order valence-corrected chi connectivity index (χ1v) is 10.4. The zero-order chi connectivity index (χ0) is 21.1. The topological polar surface area (TPSA) is 75.4 Å². The van der Waals surface area contributed by atoms with Crippen LogP contribution in [0.5, 0.6) is 0 Å². The minimum absolute atomic E-state index is 0.242. The molecule has 150 valence electrons. The van der Waals surface area contributed by atoms with E-state index in [2.05, 4.69) is 0 Å². The van der Waals surface area contributed by atoms with Gasteiger partial charge in [0.1, 0.15) is 10.9 Å². The van der Waals surface area contributed by atoms with Crippen LogP contribution in [0.25, 0.3) is 17.3 Å².